The van der Waals surface area contributed by atoms with Gasteiger partial charge in [0.2, 0.25) is 0 Å². The number of nitrogens with zero attached hydrogens (tertiary/aromatic N) is 5. The molecule has 9 heteroatoms. The minimum atomic E-state index is -0.778. The molecule has 0 amide bonds. The monoisotopic (exact) mass is 436 g/mol. The zero-order chi connectivity index (χ0) is 22.5. The van der Waals surface area contributed by atoms with Crippen LogP contribution in [0.2, 0.25) is 0 Å². The van der Waals surface area contributed by atoms with E-state index in [1.54, 1.807) is 11.1 Å². The highest BCUT2D eigenvalue weighted by atomic mass is 16.6. The average molecular weight is 437 g/mol. The van der Waals surface area contributed by atoms with Gasteiger partial charge in [0, 0.05) is 58.0 Å². The number of pyridine rings is 1. The molecular weight excluding hydrogens is 408 g/mol. The summed E-state index contributed by atoms with van der Waals surface area (Å²) in [6.45, 7) is 4.07. The van der Waals surface area contributed by atoms with Crippen molar-refractivity contribution in [3.63, 3.8) is 0 Å². The predicted octanol–water partition coefficient (Wildman–Crippen LogP) is 1.74. The van der Waals surface area contributed by atoms with Crippen LogP contribution in [0.5, 0.6) is 0 Å². The van der Waals surface area contributed by atoms with Crippen LogP contribution in [0.1, 0.15) is 17.5 Å². The maximum atomic E-state index is 10.8. The van der Waals surface area contributed by atoms with Crippen LogP contribution in [0, 0.1) is 5.41 Å². The van der Waals surface area contributed by atoms with Gasteiger partial charge in [-0.05, 0) is 17.7 Å². The average Bonchev–Trinajstić information content (AvgIpc) is 3.28. The van der Waals surface area contributed by atoms with Crippen molar-refractivity contribution in [3.8, 4) is 0 Å². The number of rotatable bonds is 7. The standard InChI is InChI=1S/C23H28N6O3/c1-27(21-4-2-3-9-25-21)23(24)18-7-5-17(6-8-18)20-14-19(32-26-20)15-28-10-12-29(13-11-28)16-22(30)31/h2-9,19,24H,10-16H2,1H3,(H,30,31). The van der Waals surface area contributed by atoms with Gasteiger partial charge in [-0.1, -0.05) is 35.5 Å². The quantitative estimate of drug-likeness (QED) is 0.503. The third-order valence-corrected chi connectivity index (χ3v) is 5.84. The number of hydrogen-bond donors (Lipinski definition) is 2. The maximum Gasteiger partial charge on any atom is 0.317 e. The Morgan fingerprint density at radius 3 is 2.53 bits per heavy atom. The van der Waals surface area contributed by atoms with Gasteiger partial charge >= 0.3 is 5.97 Å². The van der Waals surface area contributed by atoms with Gasteiger partial charge in [0.05, 0.1) is 12.3 Å². The number of carbonyl (C=O) groups is 1. The third-order valence-electron chi connectivity index (χ3n) is 5.84. The molecule has 0 saturated carbocycles. The molecule has 168 valence electrons. The van der Waals surface area contributed by atoms with Crippen LogP contribution in [0.4, 0.5) is 5.82 Å². The Hall–Kier alpha value is -3.30. The molecule has 0 aliphatic carbocycles. The lowest BCUT2D eigenvalue weighted by Crippen LogP contribution is -2.49. The second-order valence-electron chi connectivity index (χ2n) is 8.11. The van der Waals surface area contributed by atoms with E-state index in [9.17, 15) is 4.79 Å². The van der Waals surface area contributed by atoms with E-state index in [4.69, 9.17) is 15.4 Å². The molecule has 2 aliphatic heterocycles. The van der Waals surface area contributed by atoms with Gasteiger partial charge in [0.1, 0.15) is 17.8 Å². The molecule has 1 aromatic carbocycles. The van der Waals surface area contributed by atoms with Crippen LogP contribution in [0.3, 0.4) is 0 Å². The summed E-state index contributed by atoms with van der Waals surface area (Å²) in [5.41, 5.74) is 2.71. The van der Waals surface area contributed by atoms with E-state index in [1.165, 1.54) is 0 Å². The van der Waals surface area contributed by atoms with Gasteiger partial charge in [-0.15, -0.1) is 0 Å². The zero-order valence-electron chi connectivity index (χ0n) is 18.1. The first-order valence-corrected chi connectivity index (χ1v) is 10.7. The normalized spacial score (nSPS) is 19.3. The van der Waals surface area contributed by atoms with Crippen molar-refractivity contribution in [2.24, 2.45) is 5.16 Å². The lowest BCUT2D eigenvalue weighted by atomic mass is 10.0. The number of hydrogen-bond acceptors (Lipinski definition) is 7. The maximum absolute atomic E-state index is 10.8. The molecule has 1 atom stereocenters. The summed E-state index contributed by atoms with van der Waals surface area (Å²) in [4.78, 5) is 26.8. The first-order valence-electron chi connectivity index (χ1n) is 10.7. The zero-order valence-corrected chi connectivity index (χ0v) is 18.1. The summed E-state index contributed by atoms with van der Waals surface area (Å²) in [5, 5.41) is 21.7. The van der Waals surface area contributed by atoms with Crippen LogP contribution in [-0.2, 0) is 9.63 Å². The van der Waals surface area contributed by atoms with Crippen molar-refractivity contribution in [3.05, 3.63) is 59.8 Å². The summed E-state index contributed by atoms with van der Waals surface area (Å²) >= 11 is 0. The molecule has 1 fully saturated rings. The summed E-state index contributed by atoms with van der Waals surface area (Å²) in [7, 11) is 1.83. The molecule has 1 aromatic heterocycles. The highest BCUT2D eigenvalue weighted by Gasteiger charge is 2.27. The molecule has 2 N–H and O–H groups in total. The summed E-state index contributed by atoms with van der Waals surface area (Å²) in [6, 6.07) is 13.4. The van der Waals surface area contributed by atoms with Crippen molar-refractivity contribution in [1.29, 1.82) is 5.41 Å². The molecule has 1 saturated heterocycles. The fourth-order valence-corrected chi connectivity index (χ4v) is 3.99. The van der Waals surface area contributed by atoms with Crippen molar-refractivity contribution < 1.29 is 14.7 Å². The number of oxime groups is 1. The minimum absolute atomic E-state index is 0.00397. The molecule has 0 bridgehead atoms. The minimum Gasteiger partial charge on any atom is -0.480 e. The van der Waals surface area contributed by atoms with Crippen molar-refractivity contribution >= 4 is 23.3 Å². The second kappa shape index (κ2) is 9.88. The SMILES string of the molecule is CN(C(=N)c1ccc(C2=NOC(CN3CCN(CC(=O)O)CC3)C2)cc1)c1ccccn1. The van der Waals surface area contributed by atoms with Crippen molar-refractivity contribution in [2.75, 3.05) is 51.2 Å². The predicted molar refractivity (Wildman–Crippen MR) is 122 cm³/mol. The van der Waals surface area contributed by atoms with Crippen LogP contribution in [0.25, 0.3) is 0 Å². The molecule has 2 aromatic rings. The third kappa shape index (κ3) is 5.30. The largest absolute Gasteiger partial charge is 0.480 e. The van der Waals surface area contributed by atoms with E-state index in [0.29, 0.717) is 5.84 Å². The number of carboxylic acid groups (broad SMARTS) is 1. The lowest BCUT2D eigenvalue weighted by Gasteiger charge is -2.34. The number of anilines is 1. The lowest BCUT2D eigenvalue weighted by molar-refractivity contribution is -0.138. The van der Waals surface area contributed by atoms with Gasteiger partial charge in [0.15, 0.2) is 0 Å². The first-order chi connectivity index (χ1) is 15.5. The highest BCUT2D eigenvalue weighted by Crippen LogP contribution is 2.20. The Kier molecular flexibility index (Phi) is 6.77. The van der Waals surface area contributed by atoms with Gasteiger partial charge < -0.3 is 14.8 Å². The molecule has 4 rings (SSSR count). The van der Waals surface area contributed by atoms with E-state index < -0.39 is 5.97 Å². The van der Waals surface area contributed by atoms with Gasteiger partial charge in [-0.2, -0.15) is 0 Å². The summed E-state index contributed by atoms with van der Waals surface area (Å²) in [6.07, 6.45) is 2.46. The number of benzene rings is 1. The topological polar surface area (TPSA) is 105 Å². The molecule has 3 heterocycles. The summed E-state index contributed by atoms with van der Waals surface area (Å²) in [5.74, 6) is 0.321. The molecular formula is C23H28N6O3. The second-order valence-corrected chi connectivity index (χ2v) is 8.11. The number of piperazine rings is 1. The smallest absolute Gasteiger partial charge is 0.317 e. The number of carboxylic acids is 1. The highest BCUT2D eigenvalue weighted by molar-refractivity contribution is 6.08. The molecule has 0 radical (unpaired) electrons. The van der Waals surface area contributed by atoms with Crippen LogP contribution in [0.15, 0.2) is 53.8 Å². The van der Waals surface area contributed by atoms with Crippen LogP contribution < -0.4 is 4.90 Å². The number of aromatic nitrogens is 1. The fourth-order valence-electron chi connectivity index (χ4n) is 3.99. The Morgan fingerprint density at radius 2 is 1.88 bits per heavy atom. The summed E-state index contributed by atoms with van der Waals surface area (Å²) < 4.78 is 0. The Balaban J connectivity index is 1.28. The van der Waals surface area contributed by atoms with Gasteiger partial charge in [-0.3, -0.25) is 20.0 Å². The van der Waals surface area contributed by atoms with Crippen LogP contribution >= 0.6 is 0 Å². The van der Waals surface area contributed by atoms with Gasteiger partial charge in [-0.25, -0.2) is 4.98 Å². The van der Waals surface area contributed by atoms with E-state index in [-0.39, 0.29) is 12.6 Å². The fraction of sp³-hybridized carbons (Fsp3) is 0.391. The first kappa shape index (κ1) is 21.9. The molecule has 9 nitrogen and oxygen atoms in total. The number of nitrogens with one attached hydrogen (secondary N) is 1. The number of aliphatic carboxylic acids is 1. The Morgan fingerprint density at radius 1 is 1.16 bits per heavy atom. The number of amidine groups is 1. The Bertz CT molecular complexity index is 971. The molecule has 2 aliphatic rings. The molecule has 0 spiro atoms. The van der Waals surface area contributed by atoms with E-state index in [0.717, 1.165) is 61.8 Å². The van der Waals surface area contributed by atoms with E-state index in [1.807, 2.05) is 54.4 Å². The van der Waals surface area contributed by atoms with Crippen LogP contribution in [-0.4, -0.2) is 89.8 Å². The van der Waals surface area contributed by atoms with Crippen molar-refractivity contribution in [2.45, 2.75) is 12.5 Å². The van der Waals surface area contributed by atoms with E-state index in [2.05, 4.69) is 15.0 Å². The van der Waals surface area contributed by atoms with E-state index >= 15 is 0 Å². The molecule has 32 heavy (non-hydrogen) atoms. The molecule has 1 unspecified atom stereocenters. The van der Waals surface area contributed by atoms with Crippen molar-refractivity contribution in [1.82, 2.24) is 14.8 Å². The van der Waals surface area contributed by atoms with Gasteiger partial charge in [0.25, 0.3) is 0 Å². The Labute approximate surface area is 187 Å².